The summed E-state index contributed by atoms with van der Waals surface area (Å²) in [6.07, 6.45) is -4.48. The second-order valence-corrected chi connectivity index (χ2v) is 9.08. The van der Waals surface area contributed by atoms with Crippen LogP contribution in [0.4, 0.5) is 24.5 Å². The van der Waals surface area contributed by atoms with E-state index in [1.807, 2.05) is 13.0 Å². The van der Waals surface area contributed by atoms with Crippen LogP contribution < -0.4 is 10.0 Å². The third-order valence-electron chi connectivity index (χ3n) is 4.84. The van der Waals surface area contributed by atoms with Crippen LogP contribution in [0.3, 0.4) is 0 Å². The number of alkyl halides is 3. The summed E-state index contributed by atoms with van der Waals surface area (Å²) in [5, 5.41) is 2.48. The van der Waals surface area contributed by atoms with Crippen molar-refractivity contribution in [1.82, 2.24) is 0 Å². The maximum atomic E-state index is 13.0. The Bertz CT molecular complexity index is 1270. The van der Waals surface area contributed by atoms with E-state index in [0.29, 0.717) is 11.3 Å². The molecular formula is C23H21F3N2O3S. The van der Waals surface area contributed by atoms with Gasteiger partial charge in [-0.1, -0.05) is 23.8 Å². The van der Waals surface area contributed by atoms with Crippen molar-refractivity contribution in [3.8, 4) is 0 Å². The van der Waals surface area contributed by atoms with Gasteiger partial charge >= 0.3 is 6.18 Å². The van der Waals surface area contributed by atoms with Gasteiger partial charge in [-0.3, -0.25) is 9.52 Å². The number of nitrogens with one attached hydrogen (secondary N) is 2. The zero-order valence-corrected chi connectivity index (χ0v) is 18.4. The number of anilines is 2. The largest absolute Gasteiger partial charge is 0.416 e. The van der Waals surface area contributed by atoms with Crippen LogP contribution >= 0.6 is 0 Å². The molecule has 32 heavy (non-hydrogen) atoms. The van der Waals surface area contributed by atoms with Gasteiger partial charge in [0.2, 0.25) is 0 Å². The maximum Gasteiger partial charge on any atom is 0.416 e. The lowest BCUT2D eigenvalue weighted by atomic mass is 10.1. The van der Waals surface area contributed by atoms with Crippen LogP contribution in [0.5, 0.6) is 0 Å². The predicted octanol–water partition coefficient (Wildman–Crippen LogP) is 5.68. The Kier molecular flexibility index (Phi) is 6.32. The van der Waals surface area contributed by atoms with Gasteiger partial charge in [-0.05, 0) is 74.4 Å². The zero-order chi connectivity index (χ0) is 23.7. The first-order valence-electron chi connectivity index (χ1n) is 9.56. The van der Waals surface area contributed by atoms with Gasteiger partial charge in [0.1, 0.15) is 0 Å². The molecule has 0 atom stereocenters. The molecule has 3 aromatic rings. The molecule has 0 aliphatic heterocycles. The van der Waals surface area contributed by atoms with Crippen molar-refractivity contribution in [2.45, 2.75) is 31.8 Å². The number of amides is 1. The SMILES string of the molecule is Cc1ccc(NS(=O)(=O)c2cc(C(=O)Nc3ccc(C(F)(F)F)cc3)ccc2C)c(C)c1. The first kappa shape index (κ1) is 23.3. The number of carbonyl (C=O) groups excluding carboxylic acids is 1. The molecule has 0 unspecified atom stereocenters. The van der Waals surface area contributed by atoms with Crippen molar-refractivity contribution in [3.05, 3.63) is 88.5 Å². The molecule has 9 heteroatoms. The molecule has 0 aliphatic carbocycles. The average molecular weight is 462 g/mol. The minimum Gasteiger partial charge on any atom is -0.322 e. The van der Waals surface area contributed by atoms with E-state index in [4.69, 9.17) is 0 Å². The summed E-state index contributed by atoms with van der Waals surface area (Å²) in [7, 11) is -3.99. The van der Waals surface area contributed by atoms with Crippen molar-refractivity contribution in [2.24, 2.45) is 0 Å². The van der Waals surface area contributed by atoms with E-state index >= 15 is 0 Å². The Labute approximate surface area is 184 Å². The summed E-state index contributed by atoms with van der Waals surface area (Å²) in [6.45, 7) is 5.29. The standard InChI is InChI=1S/C23H21F3N2O3S/c1-14-4-11-20(16(3)12-14)28-32(30,31)21-13-17(6-5-15(21)2)22(29)27-19-9-7-18(8-10-19)23(24,25)26/h4-13,28H,1-3H3,(H,27,29). The van der Waals surface area contributed by atoms with Crippen LogP contribution in [-0.2, 0) is 16.2 Å². The molecule has 0 heterocycles. The quantitative estimate of drug-likeness (QED) is 0.512. The lowest BCUT2D eigenvalue weighted by Gasteiger charge is -2.14. The number of benzene rings is 3. The Hall–Kier alpha value is -3.33. The molecule has 0 spiro atoms. The summed E-state index contributed by atoms with van der Waals surface area (Å²) in [5.74, 6) is -0.646. The fourth-order valence-corrected chi connectivity index (χ4v) is 4.51. The molecular weight excluding hydrogens is 441 g/mol. The van der Waals surface area contributed by atoms with Crippen LogP contribution in [0.25, 0.3) is 0 Å². The van der Waals surface area contributed by atoms with E-state index in [0.717, 1.165) is 35.4 Å². The van der Waals surface area contributed by atoms with Crippen LogP contribution in [0.15, 0.2) is 65.6 Å². The van der Waals surface area contributed by atoms with E-state index in [9.17, 15) is 26.4 Å². The topological polar surface area (TPSA) is 75.3 Å². The average Bonchev–Trinajstić information content (AvgIpc) is 2.70. The number of hydrogen-bond donors (Lipinski definition) is 2. The second-order valence-electron chi connectivity index (χ2n) is 7.43. The molecule has 0 aromatic heterocycles. The highest BCUT2D eigenvalue weighted by atomic mass is 32.2. The molecule has 0 radical (unpaired) electrons. The normalized spacial score (nSPS) is 11.8. The van der Waals surface area contributed by atoms with Gasteiger partial charge in [0.25, 0.3) is 15.9 Å². The Morgan fingerprint density at radius 1 is 0.844 bits per heavy atom. The molecule has 3 aromatic carbocycles. The van der Waals surface area contributed by atoms with Crippen LogP contribution in [0.2, 0.25) is 0 Å². The number of hydrogen-bond acceptors (Lipinski definition) is 3. The zero-order valence-electron chi connectivity index (χ0n) is 17.5. The van der Waals surface area contributed by atoms with Crippen molar-refractivity contribution in [2.75, 3.05) is 10.0 Å². The Balaban J connectivity index is 1.85. The van der Waals surface area contributed by atoms with Gasteiger partial charge in [0.05, 0.1) is 16.1 Å². The molecule has 0 saturated heterocycles. The summed E-state index contributed by atoms with van der Waals surface area (Å²) >= 11 is 0. The second kappa shape index (κ2) is 8.66. The van der Waals surface area contributed by atoms with Crippen molar-refractivity contribution < 1.29 is 26.4 Å². The molecule has 0 fully saturated rings. The first-order valence-corrected chi connectivity index (χ1v) is 11.0. The van der Waals surface area contributed by atoms with E-state index in [1.165, 1.54) is 18.2 Å². The summed E-state index contributed by atoms with van der Waals surface area (Å²) in [5.41, 5.74) is 1.98. The van der Waals surface area contributed by atoms with Gasteiger partial charge in [-0.15, -0.1) is 0 Å². The van der Waals surface area contributed by atoms with E-state index in [1.54, 1.807) is 26.0 Å². The predicted molar refractivity (Wildman–Crippen MR) is 117 cm³/mol. The summed E-state index contributed by atoms with van der Waals surface area (Å²) < 4.78 is 66.6. The Morgan fingerprint density at radius 2 is 1.50 bits per heavy atom. The molecule has 0 aliphatic rings. The van der Waals surface area contributed by atoms with Crippen LogP contribution in [0, 0.1) is 20.8 Å². The molecule has 0 saturated carbocycles. The minimum atomic E-state index is -4.48. The highest BCUT2D eigenvalue weighted by molar-refractivity contribution is 7.92. The molecule has 1 amide bonds. The third-order valence-corrected chi connectivity index (χ3v) is 6.34. The molecule has 168 valence electrons. The van der Waals surface area contributed by atoms with E-state index in [2.05, 4.69) is 10.0 Å². The Morgan fingerprint density at radius 3 is 2.09 bits per heavy atom. The highest BCUT2D eigenvalue weighted by Gasteiger charge is 2.30. The van der Waals surface area contributed by atoms with Crippen LogP contribution in [-0.4, -0.2) is 14.3 Å². The highest BCUT2D eigenvalue weighted by Crippen LogP contribution is 2.30. The fraction of sp³-hybridized carbons (Fsp3) is 0.174. The third kappa shape index (κ3) is 5.28. The smallest absolute Gasteiger partial charge is 0.322 e. The monoisotopic (exact) mass is 462 g/mol. The van der Waals surface area contributed by atoms with Crippen molar-refractivity contribution in [1.29, 1.82) is 0 Å². The molecule has 2 N–H and O–H groups in total. The molecule has 0 bridgehead atoms. The lowest BCUT2D eigenvalue weighted by Crippen LogP contribution is -2.17. The van der Waals surface area contributed by atoms with Crippen molar-refractivity contribution in [3.63, 3.8) is 0 Å². The maximum absolute atomic E-state index is 13.0. The van der Waals surface area contributed by atoms with Gasteiger partial charge in [0.15, 0.2) is 0 Å². The van der Waals surface area contributed by atoms with Gasteiger partial charge in [0, 0.05) is 11.3 Å². The molecule has 5 nitrogen and oxygen atoms in total. The number of sulfonamides is 1. The number of aryl methyl sites for hydroxylation is 3. The lowest BCUT2D eigenvalue weighted by molar-refractivity contribution is -0.137. The minimum absolute atomic E-state index is 0.0523. The van der Waals surface area contributed by atoms with Gasteiger partial charge in [-0.25, -0.2) is 8.42 Å². The summed E-state index contributed by atoms with van der Waals surface area (Å²) in [6, 6.07) is 13.5. The summed E-state index contributed by atoms with van der Waals surface area (Å²) in [4.78, 5) is 12.5. The number of halogens is 3. The van der Waals surface area contributed by atoms with E-state index in [-0.39, 0.29) is 16.1 Å². The van der Waals surface area contributed by atoms with Crippen LogP contribution in [0.1, 0.15) is 32.6 Å². The van der Waals surface area contributed by atoms with E-state index < -0.39 is 27.7 Å². The van der Waals surface area contributed by atoms with Gasteiger partial charge < -0.3 is 5.32 Å². The number of rotatable bonds is 5. The number of carbonyl (C=O) groups is 1. The fourth-order valence-electron chi connectivity index (χ4n) is 3.10. The van der Waals surface area contributed by atoms with Crippen molar-refractivity contribution >= 4 is 27.3 Å². The van der Waals surface area contributed by atoms with Gasteiger partial charge in [-0.2, -0.15) is 13.2 Å². The molecule has 3 rings (SSSR count). The first-order chi connectivity index (χ1) is 14.9.